The van der Waals surface area contributed by atoms with E-state index in [0.717, 1.165) is 28.2 Å². The second-order valence-electron chi connectivity index (χ2n) is 5.29. The first-order valence-corrected chi connectivity index (χ1v) is 7.74. The van der Waals surface area contributed by atoms with Crippen LogP contribution in [0.3, 0.4) is 0 Å². The van der Waals surface area contributed by atoms with Crippen molar-refractivity contribution in [2.75, 3.05) is 6.54 Å². The van der Waals surface area contributed by atoms with Crippen molar-refractivity contribution in [2.24, 2.45) is 0 Å². The van der Waals surface area contributed by atoms with E-state index in [4.69, 9.17) is 0 Å². The average molecular weight is 361 g/mol. The van der Waals surface area contributed by atoms with Gasteiger partial charge in [0.1, 0.15) is 5.82 Å². The van der Waals surface area contributed by atoms with Gasteiger partial charge in [-0.3, -0.25) is 4.79 Å². The van der Waals surface area contributed by atoms with Crippen LogP contribution in [-0.4, -0.2) is 41.7 Å². The fourth-order valence-electron chi connectivity index (χ4n) is 2.70. The van der Waals surface area contributed by atoms with Crippen LogP contribution in [0, 0.1) is 6.92 Å². The lowest BCUT2D eigenvalue weighted by Gasteiger charge is -2.26. The minimum absolute atomic E-state index is 0.0771. The molecule has 0 spiro atoms. The summed E-state index contributed by atoms with van der Waals surface area (Å²) < 4.78 is 4.67. The van der Waals surface area contributed by atoms with Gasteiger partial charge in [-0.1, -0.05) is 0 Å². The summed E-state index contributed by atoms with van der Waals surface area (Å²) in [6.45, 7) is 3.76. The van der Waals surface area contributed by atoms with Crippen molar-refractivity contribution in [3.8, 4) is 0 Å². The molecule has 1 amide bonds. The molecule has 7 nitrogen and oxygen atoms in total. The number of rotatable bonds is 1. The molecule has 0 N–H and O–H groups in total. The Hall–Kier alpha value is -2.22. The molecule has 112 valence electrons. The number of hydrogen-bond acceptors (Lipinski definition) is 4. The van der Waals surface area contributed by atoms with Gasteiger partial charge in [0, 0.05) is 23.8 Å². The Bertz CT molecular complexity index is 883. The minimum Gasteiger partial charge on any atom is -0.328 e. The van der Waals surface area contributed by atoms with Crippen molar-refractivity contribution >= 4 is 27.4 Å². The Morgan fingerprint density at radius 3 is 3.00 bits per heavy atom. The predicted octanol–water partition coefficient (Wildman–Crippen LogP) is 1.65. The van der Waals surface area contributed by atoms with Crippen molar-refractivity contribution in [2.45, 2.75) is 20.0 Å². The topological polar surface area (TPSA) is 68.3 Å². The Labute approximate surface area is 134 Å². The van der Waals surface area contributed by atoms with Crippen LogP contribution in [0.15, 0.2) is 28.9 Å². The van der Waals surface area contributed by atoms with Crippen LogP contribution < -0.4 is 0 Å². The number of fused-ring (bicyclic) bond motifs is 2. The fourth-order valence-corrected chi connectivity index (χ4v) is 3.03. The smallest absolute Gasteiger partial charge is 0.274 e. The highest BCUT2D eigenvalue weighted by molar-refractivity contribution is 9.10. The number of hydrogen-bond donors (Lipinski definition) is 0. The molecule has 0 fully saturated rings. The summed E-state index contributed by atoms with van der Waals surface area (Å²) in [6, 6.07) is 5.65. The van der Waals surface area contributed by atoms with E-state index in [1.54, 1.807) is 15.5 Å². The molecule has 0 saturated carbocycles. The zero-order chi connectivity index (χ0) is 15.3. The van der Waals surface area contributed by atoms with Crippen LogP contribution in [-0.2, 0) is 13.1 Å². The van der Waals surface area contributed by atoms with Crippen LogP contribution in [0.4, 0.5) is 0 Å². The van der Waals surface area contributed by atoms with Gasteiger partial charge in [0.25, 0.3) is 5.91 Å². The third-order valence-electron chi connectivity index (χ3n) is 3.87. The van der Waals surface area contributed by atoms with Gasteiger partial charge >= 0.3 is 0 Å². The monoisotopic (exact) mass is 360 g/mol. The van der Waals surface area contributed by atoms with Gasteiger partial charge in [-0.25, -0.2) is 4.52 Å². The van der Waals surface area contributed by atoms with Gasteiger partial charge in [-0.05, 0) is 41.1 Å². The summed E-state index contributed by atoms with van der Waals surface area (Å²) in [6.07, 6.45) is 1.84. The molecule has 4 heterocycles. The molecular formula is C14H13BrN6O. The van der Waals surface area contributed by atoms with Gasteiger partial charge in [-0.15, -0.1) is 10.2 Å². The summed E-state index contributed by atoms with van der Waals surface area (Å²) >= 11 is 3.40. The second kappa shape index (κ2) is 4.91. The van der Waals surface area contributed by atoms with Crippen molar-refractivity contribution in [3.05, 3.63) is 46.2 Å². The Balaban J connectivity index is 1.63. The highest BCUT2D eigenvalue weighted by Crippen LogP contribution is 2.17. The summed E-state index contributed by atoms with van der Waals surface area (Å²) in [5, 5.41) is 12.5. The Morgan fingerprint density at radius 2 is 2.14 bits per heavy atom. The lowest BCUT2D eigenvalue weighted by Crippen LogP contribution is -2.38. The molecule has 0 aliphatic carbocycles. The second-order valence-corrected chi connectivity index (χ2v) is 6.20. The maximum absolute atomic E-state index is 12.7. The molecule has 0 aromatic carbocycles. The third kappa shape index (κ3) is 2.10. The normalized spacial score (nSPS) is 14.4. The first kappa shape index (κ1) is 13.4. The lowest BCUT2D eigenvalue weighted by molar-refractivity contribution is 0.0700. The molecule has 22 heavy (non-hydrogen) atoms. The Morgan fingerprint density at radius 1 is 1.27 bits per heavy atom. The summed E-state index contributed by atoms with van der Waals surface area (Å²) in [5.74, 6) is 1.63. The number of aryl methyl sites for hydroxylation is 1. The fraction of sp³-hybridized carbons (Fsp3) is 0.286. The zero-order valence-corrected chi connectivity index (χ0v) is 13.5. The number of aromatic nitrogens is 5. The quantitative estimate of drug-likeness (QED) is 0.661. The van der Waals surface area contributed by atoms with Crippen molar-refractivity contribution in [1.29, 1.82) is 0 Å². The minimum atomic E-state index is -0.0771. The number of nitrogens with zero attached hydrogens (tertiary/aromatic N) is 6. The van der Waals surface area contributed by atoms with Crippen molar-refractivity contribution in [3.63, 3.8) is 0 Å². The number of carbonyl (C=O) groups excluding carboxylic acids is 1. The van der Waals surface area contributed by atoms with Gasteiger partial charge in [0.2, 0.25) is 0 Å². The number of halogens is 1. The number of amides is 1. The molecule has 0 atom stereocenters. The van der Waals surface area contributed by atoms with Crippen LogP contribution in [0.5, 0.6) is 0 Å². The maximum atomic E-state index is 12.7. The van der Waals surface area contributed by atoms with Crippen molar-refractivity contribution < 1.29 is 4.79 Å². The van der Waals surface area contributed by atoms with E-state index in [-0.39, 0.29) is 5.91 Å². The maximum Gasteiger partial charge on any atom is 0.274 e. The first-order valence-electron chi connectivity index (χ1n) is 6.95. The van der Waals surface area contributed by atoms with E-state index in [2.05, 4.69) is 31.2 Å². The molecular weight excluding hydrogens is 348 g/mol. The largest absolute Gasteiger partial charge is 0.328 e. The van der Waals surface area contributed by atoms with Crippen LogP contribution >= 0.6 is 15.9 Å². The van der Waals surface area contributed by atoms with E-state index in [9.17, 15) is 4.79 Å². The van der Waals surface area contributed by atoms with E-state index >= 15 is 0 Å². The van der Waals surface area contributed by atoms with Gasteiger partial charge < -0.3 is 9.47 Å². The SMILES string of the molecule is Cc1nnc2n1CCN(C(=O)c1cc3ccc(Br)cn3n1)C2. The predicted molar refractivity (Wildman–Crippen MR) is 82.4 cm³/mol. The lowest BCUT2D eigenvalue weighted by atomic mass is 10.3. The standard InChI is InChI=1S/C14H13BrN6O/c1-9-16-17-13-8-19(4-5-20(9)13)14(22)12-6-11-3-2-10(15)7-21(11)18-12/h2-3,6-7H,4-5,8H2,1H3. The van der Waals surface area contributed by atoms with E-state index in [1.165, 1.54) is 0 Å². The molecule has 3 aromatic rings. The van der Waals surface area contributed by atoms with E-state index in [0.29, 0.717) is 18.8 Å². The molecule has 0 saturated heterocycles. The van der Waals surface area contributed by atoms with E-state index in [1.807, 2.05) is 29.8 Å². The highest BCUT2D eigenvalue weighted by atomic mass is 79.9. The zero-order valence-electron chi connectivity index (χ0n) is 11.9. The number of carbonyl (C=O) groups is 1. The van der Waals surface area contributed by atoms with Gasteiger partial charge in [-0.2, -0.15) is 5.10 Å². The first-order chi connectivity index (χ1) is 10.6. The summed E-state index contributed by atoms with van der Waals surface area (Å²) in [7, 11) is 0. The molecule has 1 aliphatic heterocycles. The highest BCUT2D eigenvalue weighted by Gasteiger charge is 2.25. The number of pyridine rings is 1. The van der Waals surface area contributed by atoms with Gasteiger partial charge in [0.05, 0.1) is 12.1 Å². The molecule has 0 radical (unpaired) electrons. The molecule has 0 bridgehead atoms. The Kier molecular flexibility index (Phi) is 3.00. The van der Waals surface area contributed by atoms with Crippen LogP contribution in [0.2, 0.25) is 0 Å². The molecule has 0 unspecified atom stereocenters. The van der Waals surface area contributed by atoms with Gasteiger partial charge in [0.15, 0.2) is 11.5 Å². The van der Waals surface area contributed by atoms with Crippen LogP contribution in [0.25, 0.3) is 5.52 Å². The third-order valence-corrected chi connectivity index (χ3v) is 4.34. The molecule has 4 rings (SSSR count). The average Bonchev–Trinajstić information content (AvgIpc) is 3.09. The molecule has 8 heteroatoms. The molecule has 1 aliphatic rings. The summed E-state index contributed by atoms with van der Waals surface area (Å²) in [5.41, 5.74) is 1.34. The molecule has 3 aromatic heterocycles. The van der Waals surface area contributed by atoms with E-state index < -0.39 is 0 Å². The van der Waals surface area contributed by atoms with Crippen molar-refractivity contribution in [1.82, 2.24) is 29.3 Å². The van der Waals surface area contributed by atoms with Crippen LogP contribution in [0.1, 0.15) is 22.1 Å². The summed E-state index contributed by atoms with van der Waals surface area (Å²) in [4.78, 5) is 14.4.